The normalized spacial score (nSPS) is 9.94. The summed E-state index contributed by atoms with van der Waals surface area (Å²) in [7, 11) is 0. The van der Waals surface area contributed by atoms with E-state index in [1.165, 1.54) is 0 Å². The first kappa shape index (κ1) is 11.6. The summed E-state index contributed by atoms with van der Waals surface area (Å²) in [5, 5.41) is 36.6. The average molecular weight is 214 g/mol. The van der Waals surface area contributed by atoms with Gasteiger partial charge in [0.05, 0.1) is 11.6 Å². The number of benzene rings is 1. The maximum absolute atomic E-state index is 9.49. The minimum Gasteiger partial charge on any atom is -0.504 e. The second-order valence-electron chi connectivity index (χ2n) is 3.14. The van der Waals surface area contributed by atoms with Crippen molar-refractivity contribution in [1.82, 2.24) is 0 Å². The molecule has 0 saturated heterocycles. The average Bonchev–Trinajstić information content (AvgIpc) is 2.30. The van der Waals surface area contributed by atoms with Gasteiger partial charge in [-0.25, -0.2) is 0 Å². The molecule has 0 radical (unpaired) electrons. The Morgan fingerprint density at radius 1 is 1.31 bits per heavy atom. The van der Waals surface area contributed by atoms with E-state index in [0.29, 0.717) is 12.0 Å². The molecule has 0 aliphatic heterocycles. The van der Waals surface area contributed by atoms with E-state index in [2.05, 4.69) is 0 Å². The van der Waals surface area contributed by atoms with Crippen molar-refractivity contribution < 1.29 is 10.2 Å². The molecule has 0 fully saturated rings. The smallest absolute Gasteiger partial charge is 0.175 e. The molecule has 0 aliphatic carbocycles. The van der Waals surface area contributed by atoms with Crippen LogP contribution in [0.3, 0.4) is 0 Å². The number of rotatable bonds is 2. The Balaban J connectivity index is 3.49. The van der Waals surface area contributed by atoms with Gasteiger partial charge in [0.15, 0.2) is 11.5 Å². The Labute approximate surface area is 93.3 Å². The third-order valence-electron chi connectivity index (χ3n) is 2.18. The van der Waals surface area contributed by atoms with Crippen molar-refractivity contribution in [2.24, 2.45) is 0 Å². The molecule has 4 nitrogen and oxygen atoms in total. The number of nitrogens with zero attached hydrogens (tertiary/aromatic N) is 2. The SMILES string of the molecule is CC=CCc1c(C#N)cc(O)c(O)c1C#N. The van der Waals surface area contributed by atoms with Crippen LogP contribution in [0.15, 0.2) is 18.2 Å². The van der Waals surface area contributed by atoms with Crippen LogP contribution in [-0.4, -0.2) is 10.2 Å². The summed E-state index contributed by atoms with van der Waals surface area (Å²) in [4.78, 5) is 0. The van der Waals surface area contributed by atoms with Crippen molar-refractivity contribution in [2.45, 2.75) is 13.3 Å². The van der Waals surface area contributed by atoms with E-state index in [0.717, 1.165) is 6.07 Å². The van der Waals surface area contributed by atoms with E-state index in [1.54, 1.807) is 18.2 Å². The fourth-order valence-corrected chi connectivity index (χ4v) is 1.37. The number of hydrogen-bond donors (Lipinski definition) is 2. The topological polar surface area (TPSA) is 88.0 Å². The van der Waals surface area contributed by atoms with Crippen molar-refractivity contribution in [1.29, 1.82) is 10.5 Å². The molecular formula is C12H10N2O2. The summed E-state index contributed by atoms with van der Waals surface area (Å²) < 4.78 is 0. The first-order valence-corrected chi connectivity index (χ1v) is 4.64. The molecular weight excluding hydrogens is 204 g/mol. The molecule has 0 saturated carbocycles. The Bertz CT molecular complexity index is 519. The molecule has 0 heterocycles. The molecule has 1 aromatic rings. The van der Waals surface area contributed by atoms with E-state index < -0.39 is 11.5 Å². The minimum atomic E-state index is -0.471. The van der Waals surface area contributed by atoms with Crippen LogP contribution in [0.1, 0.15) is 23.6 Å². The van der Waals surface area contributed by atoms with E-state index in [1.807, 2.05) is 13.0 Å². The second kappa shape index (κ2) is 4.86. The Kier molecular flexibility index (Phi) is 3.53. The predicted octanol–water partition coefficient (Wildman–Crippen LogP) is 1.96. The van der Waals surface area contributed by atoms with Crippen LogP contribution in [0.4, 0.5) is 0 Å². The van der Waals surface area contributed by atoms with Crippen LogP contribution in [0.2, 0.25) is 0 Å². The monoisotopic (exact) mass is 214 g/mol. The molecule has 80 valence electrons. The van der Waals surface area contributed by atoms with Gasteiger partial charge in [0.2, 0.25) is 0 Å². The quantitative estimate of drug-likeness (QED) is 0.581. The van der Waals surface area contributed by atoms with Gasteiger partial charge in [0.1, 0.15) is 11.6 Å². The van der Waals surface area contributed by atoms with Gasteiger partial charge in [-0.2, -0.15) is 10.5 Å². The van der Waals surface area contributed by atoms with Crippen molar-refractivity contribution in [3.63, 3.8) is 0 Å². The molecule has 1 aromatic carbocycles. The molecule has 0 aromatic heterocycles. The summed E-state index contributed by atoms with van der Waals surface area (Å²) in [6, 6.07) is 4.85. The fourth-order valence-electron chi connectivity index (χ4n) is 1.37. The van der Waals surface area contributed by atoms with Crippen LogP contribution < -0.4 is 0 Å². The van der Waals surface area contributed by atoms with Crippen molar-refractivity contribution in [2.75, 3.05) is 0 Å². The van der Waals surface area contributed by atoms with E-state index in [-0.39, 0.29) is 11.1 Å². The molecule has 0 amide bonds. The Morgan fingerprint density at radius 3 is 2.50 bits per heavy atom. The lowest BCUT2D eigenvalue weighted by Crippen LogP contribution is -1.94. The van der Waals surface area contributed by atoms with Gasteiger partial charge >= 0.3 is 0 Å². The Morgan fingerprint density at radius 2 is 2.00 bits per heavy atom. The zero-order valence-corrected chi connectivity index (χ0v) is 8.73. The first-order valence-electron chi connectivity index (χ1n) is 4.64. The maximum Gasteiger partial charge on any atom is 0.175 e. The predicted molar refractivity (Wildman–Crippen MR) is 57.7 cm³/mol. The molecule has 0 bridgehead atoms. The molecule has 16 heavy (non-hydrogen) atoms. The lowest BCUT2D eigenvalue weighted by molar-refractivity contribution is 0.402. The van der Waals surface area contributed by atoms with Crippen molar-refractivity contribution in [3.8, 4) is 23.6 Å². The molecule has 0 unspecified atom stereocenters. The van der Waals surface area contributed by atoms with Gasteiger partial charge in [0, 0.05) is 6.07 Å². The number of phenols is 2. The van der Waals surface area contributed by atoms with Crippen LogP contribution in [0.25, 0.3) is 0 Å². The van der Waals surface area contributed by atoms with Gasteiger partial charge in [-0.1, -0.05) is 12.2 Å². The van der Waals surface area contributed by atoms with Gasteiger partial charge in [-0.15, -0.1) is 0 Å². The summed E-state index contributed by atoms with van der Waals surface area (Å²) in [5.74, 6) is -0.918. The number of hydrogen-bond acceptors (Lipinski definition) is 4. The molecule has 4 heteroatoms. The number of nitriles is 2. The summed E-state index contributed by atoms with van der Waals surface area (Å²) in [6.45, 7) is 1.82. The third kappa shape index (κ3) is 1.97. The summed E-state index contributed by atoms with van der Waals surface area (Å²) >= 11 is 0. The standard InChI is InChI=1S/C12H10N2O2/c1-2-3-4-9-8(6-13)5-11(15)12(16)10(9)7-14/h2-3,5,15-16H,4H2,1H3. The minimum absolute atomic E-state index is 0.0466. The molecule has 2 N–H and O–H groups in total. The molecule has 0 aliphatic rings. The van der Waals surface area contributed by atoms with Crippen LogP contribution in [0.5, 0.6) is 11.5 Å². The lowest BCUT2D eigenvalue weighted by atomic mass is 9.97. The van der Waals surface area contributed by atoms with Gasteiger partial charge in [-0.05, 0) is 18.9 Å². The van der Waals surface area contributed by atoms with E-state index in [4.69, 9.17) is 10.5 Å². The van der Waals surface area contributed by atoms with E-state index in [9.17, 15) is 10.2 Å². The van der Waals surface area contributed by atoms with Crippen molar-refractivity contribution in [3.05, 3.63) is 34.9 Å². The number of phenolic OH excluding ortho intramolecular Hbond substituents is 2. The lowest BCUT2D eigenvalue weighted by Gasteiger charge is -2.07. The van der Waals surface area contributed by atoms with Crippen molar-refractivity contribution >= 4 is 0 Å². The highest BCUT2D eigenvalue weighted by molar-refractivity contribution is 5.61. The van der Waals surface area contributed by atoms with Crippen LogP contribution in [-0.2, 0) is 6.42 Å². The Hall–Kier alpha value is -2.46. The number of allylic oxidation sites excluding steroid dienone is 2. The highest BCUT2D eigenvalue weighted by Gasteiger charge is 2.16. The van der Waals surface area contributed by atoms with Gasteiger partial charge < -0.3 is 10.2 Å². The molecule has 1 rings (SSSR count). The van der Waals surface area contributed by atoms with Gasteiger partial charge in [0.25, 0.3) is 0 Å². The van der Waals surface area contributed by atoms with E-state index >= 15 is 0 Å². The zero-order chi connectivity index (χ0) is 12.1. The highest BCUT2D eigenvalue weighted by atomic mass is 16.3. The summed E-state index contributed by atoms with van der Waals surface area (Å²) in [6.07, 6.45) is 3.93. The molecule has 0 atom stereocenters. The third-order valence-corrected chi connectivity index (χ3v) is 2.18. The zero-order valence-electron chi connectivity index (χ0n) is 8.73. The van der Waals surface area contributed by atoms with Gasteiger partial charge in [-0.3, -0.25) is 0 Å². The largest absolute Gasteiger partial charge is 0.504 e. The molecule has 0 spiro atoms. The second-order valence-corrected chi connectivity index (χ2v) is 3.14. The summed E-state index contributed by atoms with van der Waals surface area (Å²) in [5.41, 5.74) is 0.581. The first-order chi connectivity index (χ1) is 7.65. The maximum atomic E-state index is 9.49. The number of aromatic hydroxyl groups is 2. The van der Waals surface area contributed by atoms with Crippen LogP contribution >= 0.6 is 0 Å². The van der Waals surface area contributed by atoms with Crippen LogP contribution in [0, 0.1) is 22.7 Å². The fraction of sp³-hybridized carbons (Fsp3) is 0.167. The highest BCUT2D eigenvalue weighted by Crippen LogP contribution is 2.33.